The van der Waals surface area contributed by atoms with Gasteiger partial charge in [0, 0.05) is 11.8 Å². The van der Waals surface area contributed by atoms with Crippen molar-refractivity contribution in [3.8, 4) is 5.75 Å². The first-order valence-electron chi connectivity index (χ1n) is 9.58. The minimum absolute atomic E-state index is 0.159. The van der Waals surface area contributed by atoms with Gasteiger partial charge in [0.15, 0.2) is 0 Å². The highest BCUT2D eigenvalue weighted by atomic mass is 35.5. The molecule has 2 amide bonds. The zero-order valence-corrected chi connectivity index (χ0v) is 17.7. The normalized spacial score (nSPS) is 16.0. The number of ether oxygens (including phenoxy) is 2. The highest BCUT2D eigenvalue weighted by molar-refractivity contribution is 6.32. The highest BCUT2D eigenvalue weighted by Crippen LogP contribution is 2.33. The molecule has 8 heteroatoms. The zero-order chi connectivity index (χ0) is 22.4. The lowest BCUT2D eigenvalue weighted by atomic mass is 9.95. The molecule has 0 radical (unpaired) electrons. The molecule has 160 valence electrons. The van der Waals surface area contributed by atoms with Crippen molar-refractivity contribution in [2.45, 2.75) is 19.9 Å². The number of amides is 2. The van der Waals surface area contributed by atoms with Gasteiger partial charge in [0.25, 0.3) is 0 Å². The molecule has 0 saturated carbocycles. The minimum Gasteiger partial charge on any atom is -0.463 e. The van der Waals surface area contributed by atoms with E-state index in [0.29, 0.717) is 11.3 Å². The first-order valence-corrected chi connectivity index (χ1v) is 9.96. The van der Waals surface area contributed by atoms with Gasteiger partial charge in [0.2, 0.25) is 0 Å². The Bertz CT molecular complexity index is 1060. The molecule has 0 saturated heterocycles. The number of nitrogens with one attached hydrogen (secondary N) is 2. The van der Waals surface area contributed by atoms with Gasteiger partial charge >= 0.3 is 18.0 Å². The number of rotatable bonds is 6. The predicted octanol–water partition coefficient (Wildman–Crippen LogP) is 4.15. The molecule has 7 nitrogen and oxygen atoms in total. The molecule has 2 aromatic rings. The van der Waals surface area contributed by atoms with Crippen LogP contribution >= 0.6 is 11.6 Å². The lowest BCUT2D eigenvalue weighted by molar-refractivity contribution is -0.139. The van der Waals surface area contributed by atoms with Crippen molar-refractivity contribution in [3.63, 3.8) is 0 Å². The van der Waals surface area contributed by atoms with Crippen LogP contribution in [0.15, 0.2) is 65.9 Å². The Kier molecular flexibility index (Phi) is 7.10. The summed E-state index contributed by atoms with van der Waals surface area (Å²) in [6.45, 7) is 3.52. The van der Waals surface area contributed by atoms with Crippen molar-refractivity contribution in [2.75, 3.05) is 6.61 Å². The van der Waals surface area contributed by atoms with Gasteiger partial charge in [-0.25, -0.2) is 14.4 Å². The van der Waals surface area contributed by atoms with Crippen LogP contribution in [0.1, 0.15) is 31.0 Å². The SMILES string of the molecule is CCOC(=O)C1=C(C)NC(=O)NC1c1ccc(OC(=O)/C=C/c2ccccc2)c(Cl)c1. The van der Waals surface area contributed by atoms with E-state index in [1.807, 2.05) is 30.3 Å². The molecule has 31 heavy (non-hydrogen) atoms. The van der Waals surface area contributed by atoms with E-state index in [9.17, 15) is 14.4 Å². The molecular formula is C23H21ClN2O5. The Morgan fingerprint density at radius 2 is 1.90 bits per heavy atom. The van der Waals surface area contributed by atoms with Gasteiger partial charge < -0.3 is 20.1 Å². The van der Waals surface area contributed by atoms with Crippen LogP contribution in [0, 0.1) is 0 Å². The molecule has 0 bridgehead atoms. The van der Waals surface area contributed by atoms with E-state index < -0.39 is 24.0 Å². The lowest BCUT2D eigenvalue weighted by Crippen LogP contribution is -2.45. The van der Waals surface area contributed by atoms with Crippen LogP contribution in [0.5, 0.6) is 5.75 Å². The van der Waals surface area contributed by atoms with Crippen LogP contribution in [0.25, 0.3) is 6.08 Å². The zero-order valence-electron chi connectivity index (χ0n) is 17.0. The molecule has 0 spiro atoms. The summed E-state index contributed by atoms with van der Waals surface area (Å²) in [7, 11) is 0. The van der Waals surface area contributed by atoms with Crippen LogP contribution < -0.4 is 15.4 Å². The van der Waals surface area contributed by atoms with Crippen molar-refractivity contribution in [1.82, 2.24) is 10.6 Å². The molecular weight excluding hydrogens is 420 g/mol. The Hall–Kier alpha value is -3.58. The van der Waals surface area contributed by atoms with E-state index >= 15 is 0 Å². The molecule has 2 aromatic carbocycles. The Labute approximate surface area is 184 Å². The third kappa shape index (κ3) is 5.52. The lowest BCUT2D eigenvalue weighted by Gasteiger charge is -2.28. The Balaban J connectivity index is 1.80. The highest BCUT2D eigenvalue weighted by Gasteiger charge is 2.32. The van der Waals surface area contributed by atoms with Crippen molar-refractivity contribution >= 4 is 35.6 Å². The van der Waals surface area contributed by atoms with Gasteiger partial charge in [-0.1, -0.05) is 48.0 Å². The minimum atomic E-state index is -0.756. The summed E-state index contributed by atoms with van der Waals surface area (Å²) in [6, 6.07) is 12.8. The van der Waals surface area contributed by atoms with Crippen LogP contribution in [0.3, 0.4) is 0 Å². The summed E-state index contributed by atoms with van der Waals surface area (Å²) in [5, 5.41) is 5.42. The van der Waals surface area contributed by atoms with Crippen molar-refractivity contribution in [2.24, 2.45) is 0 Å². The standard InChI is InChI=1S/C23H21ClN2O5/c1-3-30-22(28)20-14(2)25-23(29)26-21(20)16-10-11-18(17(24)13-16)31-19(27)12-9-15-7-5-4-6-8-15/h4-13,21H,3H2,1-2H3,(H2,25,26,29)/b12-9+. The van der Waals surface area contributed by atoms with Crippen molar-refractivity contribution < 1.29 is 23.9 Å². The van der Waals surface area contributed by atoms with E-state index in [-0.39, 0.29) is 23.0 Å². The summed E-state index contributed by atoms with van der Waals surface area (Å²) in [6.07, 6.45) is 2.94. The van der Waals surface area contributed by atoms with Gasteiger partial charge in [-0.15, -0.1) is 0 Å². The number of carbonyl (C=O) groups is 3. The predicted molar refractivity (Wildman–Crippen MR) is 116 cm³/mol. The summed E-state index contributed by atoms with van der Waals surface area (Å²) in [4.78, 5) is 36.5. The van der Waals surface area contributed by atoms with E-state index in [1.54, 1.807) is 26.0 Å². The van der Waals surface area contributed by atoms with Crippen LogP contribution in [-0.4, -0.2) is 24.6 Å². The molecule has 0 aliphatic carbocycles. The second-order valence-corrected chi connectivity index (χ2v) is 7.05. The second-order valence-electron chi connectivity index (χ2n) is 6.65. The van der Waals surface area contributed by atoms with Gasteiger partial charge in [-0.2, -0.15) is 0 Å². The molecule has 2 N–H and O–H groups in total. The van der Waals surface area contributed by atoms with Crippen molar-refractivity contribution in [3.05, 3.63) is 82.0 Å². The second kappa shape index (κ2) is 9.95. The maximum absolute atomic E-state index is 12.4. The van der Waals surface area contributed by atoms with Crippen LogP contribution in [0.2, 0.25) is 5.02 Å². The summed E-state index contributed by atoms with van der Waals surface area (Å²) in [5.41, 5.74) is 2.07. The van der Waals surface area contributed by atoms with Gasteiger partial charge in [0.05, 0.1) is 23.2 Å². The molecule has 1 heterocycles. The van der Waals surface area contributed by atoms with Crippen LogP contribution in [-0.2, 0) is 14.3 Å². The number of hydrogen-bond acceptors (Lipinski definition) is 5. The number of carbonyl (C=O) groups excluding carboxylic acids is 3. The molecule has 1 aliphatic rings. The van der Waals surface area contributed by atoms with E-state index in [0.717, 1.165) is 5.56 Å². The Morgan fingerprint density at radius 1 is 1.16 bits per heavy atom. The Morgan fingerprint density at radius 3 is 2.58 bits per heavy atom. The van der Waals surface area contributed by atoms with Crippen LogP contribution in [0.4, 0.5) is 4.79 Å². The number of urea groups is 1. The smallest absolute Gasteiger partial charge is 0.338 e. The fourth-order valence-electron chi connectivity index (χ4n) is 3.07. The topological polar surface area (TPSA) is 93.7 Å². The number of halogens is 1. The van der Waals surface area contributed by atoms with Gasteiger partial charge in [-0.05, 0) is 43.2 Å². The maximum Gasteiger partial charge on any atom is 0.338 e. The summed E-state index contributed by atoms with van der Waals surface area (Å²) < 4.78 is 10.4. The quantitative estimate of drug-likeness (QED) is 0.400. The molecule has 3 rings (SSSR count). The van der Waals surface area contributed by atoms with E-state index in [2.05, 4.69) is 10.6 Å². The fourth-order valence-corrected chi connectivity index (χ4v) is 3.30. The third-order valence-electron chi connectivity index (χ3n) is 4.48. The summed E-state index contributed by atoms with van der Waals surface area (Å²) in [5.74, 6) is -0.974. The fraction of sp³-hybridized carbons (Fsp3) is 0.174. The van der Waals surface area contributed by atoms with E-state index in [4.69, 9.17) is 21.1 Å². The first-order chi connectivity index (χ1) is 14.9. The molecule has 1 unspecified atom stereocenters. The number of allylic oxidation sites excluding steroid dienone is 1. The van der Waals surface area contributed by atoms with Crippen molar-refractivity contribution in [1.29, 1.82) is 0 Å². The monoisotopic (exact) mass is 440 g/mol. The average Bonchev–Trinajstić information content (AvgIpc) is 2.74. The molecule has 0 aromatic heterocycles. The maximum atomic E-state index is 12.4. The van der Waals surface area contributed by atoms with Gasteiger partial charge in [-0.3, -0.25) is 0 Å². The third-order valence-corrected chi connectivity index (χ3v) is 4.77. The van der Waals surface area contributed by atoms with E-state index in [1.165, 1.54) is 18.2 Å². The van der Waals surface area contributed by atoms with Gasteiger partial charge in [0.1, 0.15) is 5.75 Å². The summed E-state index contributed by atoms with van der Waals surface area (Å²) >= 11 is 6.31. The number of hydrogen-bond donors (Lipinski definition) is 2. The first kappa shape index (κ1) is 22.1. The molecule has 1 aliphatic heterocycles. The molecule has 0 fully saturated rings. The molecule has 1 atom stereocenters. The largest absolute Gasteiger partial charge is 0.463 e. The number of esters is 2. The number of benzene rings is 2. The average molecular weight is 441 g/mol.